The lowest BCUT2D eigenvalue weighted by atomic mass is 9.87. The summed E-state index contributed by atoms with van der Waals surface area (Å²) in [6.07, 6.45) is 3.71. The zero-order chi connectivity index (χ0) is 23.6. The lowest BCUT2D eigenvalue weighted by Crippen LogP contribution is -2.42. The van der Waals surface area contributed by atoms with Gasteiger partial charge in [0.25, 0.3) is 0 Å². The second kappa shape index (κ2) is 12.0. The number of benzene rings is 2. The monoisotopic (exact) mass is 432 g/mol. The molecule has 0 aliphatic heterocycles. The van der Waals surface area contributed by atoms with Crippen molar-refractivity contribution in [3.63, 3.8) is 0 Å². The number of nitrogens with two attached hydrogens (primary N) is 2. The molecule has 0 aromatic heterocycles. The van der Waals surface area contributed by atoms with Crippen LogP contribution in [0.2, 0.25) is 0 Å². The van der Waals surface area contributed by atoms with E-state index in [2.05, 4.69) is 79.1 Å². The highest BCUT2D eigenvalue weighted by Crippen LogP contribution is 2.25. The summed E-state index contributed by atoms with van der Waals surface area (Å²) in [4.78, 5) is 8.26. The van der Waals surface area contributed by atoms with Crippen molar-refractivity contribution >= 4 is 24.8 Å². The summed E-state index contributed by atoms with van der Waals surface area (Å²) in [6, 6.07) is 16.5. The van der Waals surface area contributed by atoms with Gasteiger partial charge in [0.1, 0.15) is 0 Å². The van der Waals surface area contributed by atoms with E-state index in [0.717, 1.165) is 33.6 Å². The third-order valence-corrected chi connectivity index (χ3v) is 5.25. The molecule has 6 N–H and O–H groups in total. The molecule has 0 aliphatic carbocycles. The summed E-state index contributed by atoms with van der Waals surface area (Å²) < 4.78 is 0. The van der Waals surface area contributed by atoms with Gasteiger partial charge in [0, 0.05) is 49.2 Å². The summed E-state index contributed by atoms with van der Waals surface area (Å²) in [6.45, 7) is 15.7. The molecular weight excluding hydrogens is 396 g/mol. The highest BCUT2D eigenvalue weighted by molar-refractivity contribution is 5.74. The van der Waals surface area contributed by atoms with Gasteiger partial charge in [-0.1, -0.05) is 69.3 Å². The largest absolute Gasteiger partial charge is 0.388 e. The quantitative estimate of drug-likeness (QED) is 0.320. The second-order valence-corrected chi connectivity index (χ2v) is 8.65. The predicted molar refractivity (Wildman–Crippen MR) is 139 cm³/mol. The fraction of sp³-hybridized carbons (Fsp3) is 0.308. The molecule has 2 aromatic rings. The Hall–Kier alpha value is -3.22. The van der Waals surface area contributed by atoms with E-state index < -0.39 is 0 Å². The van der Waals surface area contributed by atoms with Crippen LogP contribution in [0, 0.1) is 5.41 Å². The maximum absolute atomic E-state index is 6.21. The van der Waals surface area contributed by atoms with Crippen LogP contribution in [0.15, 0.2) is 70.9 Å². The Morgan fingerprint density at radius 1 is 0.875 bits per heavy atom. The summed E-state index contributed by atoms with van der Waals surface area (Å²) in [5.74, 6) is 0. The van der Waals surface area contributed by atoms with Gasteiger partial charge in [0.05, 0.1) is 11.4 Å². The van der Waals surface area contributed by atoms with Crippen molar-refractivity contribution in [1.82, 2.24) is 10.6 Å². The van der Waals surface area contributed by atoms with Crippen LogP contribution in [0.25, 0.3) is 22.5 Å². The molecule has 0 amide bonds. The molecule has 6 heteroatoms. The van der Waals surface area contributed by atoms with Crippen LogP contribution in [0.4, 0.5) is 0 Å². The summed E-state index contributed by atoms with van der Waals surface area (Å²) in [5.41, 5.74) is 17.5. The zero-order valence-electron chi connectivity index (χ0n) is 19.4. The molecule has 0 fully saturated rings. The van der Waals surface area contributed by atoms with E-state index in [9.17, 15) is 0 Å². The van der Waals surface area contributed by atoms with Crippen molar-refractivity contribution in [2.75, 3.05) is 19.6 Å². The zero-order valence-corrected chi connectivity index (χ0v) is 19.4. The first-order chi connectivity index (χ1) is 15.3. The van der Waals surface area contributed by atoms with Gasteiger partial charge in [-0.05, 0) is 30.0 Å². The van der Waals surface area contributed by atoms with Crippen molar-refractivity contribution in [1.29, 1.82) is 0 Å². The number of hydrogen-bond donors (Lipinski definition) is 4. The maximum Gasteiger partial charge on any atom is 0.0851 e. The smallest absolute Gasteiger partial charge is 0.0851 e. The fourth-order valence-corrected chi connectivity index (χ4v) is 2.95. The van der Waals surface area contributed by atoms with Gasteiger partial charge in [-0.2, -0.15) is 0 Å². The predicted octanol–water partition coefficient (Wildman–Crippen LogP) is 3.86. The third kappa shape index (κ3) is 7.18. The lowest BCUT2D eigenvalue weighted by molar-refractivity contribution is 0.317. The number of nitrogens with one attached hydrogen (secondary N) is 2. The van der Waals surface area contributed by atoms with Gasteiger partial charge in [-0.25, -0.2) is 0 Å². The van der Waals surface area contributed by atoms with Crippen molar-refractivity contribution in [3.8, 4) is 11.1 Å². The van der Waals surface area contributed by atoms with Gasteiger partial charge in [-0.15, -0.1) is 0 Å². The molecule has 6 nitrogen and oxygen atoms in total. The molecule has 170 valence electrons. The van der Waals surface area contributed by atoms with E-state index in [1.807, 2.05) is 36.7 Å². The molecule has 1 unspecified atom stereocenters. The van der Waals surface area contributed by atoms with Gasteiger partial charge in [0.15, 0.2) is 0 Å². The summed E-state index contributed by atoms with van der Waals surface area (Å²) in [5, 5.41) is 6.40. The first kappa shape index (κ1) is 25.0. The molecule has 0 aliphatic rings. The first-order valence-corrected chi connectivity index (χ1v) is 10.8. The molecule has 2 aromatic carbocycles. The average molecular weight is 433 g/mol. The minimum atomic E-state index is 0.0401. The molecule has 0 spiro atoms. The van der Waals surface area contributed by atoms with Crippen LogP contribution >= 0.6 is 0 Å². The van der Waals surface area contributed by atoms with Gasteiger partial charge in [-0.3, -0.25) is 9.98 Å². The Morgan fingerprint density at radius 2 is 1.31 bits per heavy atom. The van der Waals surface area contributed by atoms with E-state index in [4.69, 9.17) is 11.5 Å². The summed E-state index contributed by atoms with van der Waals surface area (Å²) in [7, 11) is 0. The third-order valence-electron chi connectivity index (χ3n) is 5.25. The van der Waals surface area contributed by atoms with Crippen molar-refractivity contribution in [2.45, 2.75) is 26.8 Å². The van der Waals surface area contributed by atoms with Crippen molar-refractivity contribution < 1.29 is 0 Å². The van der Waals surface area contributed by atoms with E-state index >= 15 is 0 Å². The summed E-state index contributed by atoms with van der Waals surface area (Å²) >= 11 is 0. The SMILES string of the molecule is C=N/C(=C\NCCN)c1ccc(-c2ccc(/C(=C/NCC(N)C(C)(C)C)N=C)cc2)cc1. The van der Waals surface area contributed by atoms with E-state index in [-0.39, 0.29) is 11.5 Å². The number of hydrogen-bond acceptors (Lipinski definition) is 6. The van der Waals surface area contributed by atoms with Crippen LogP contribution in [-0.4, -0.2) is 39.1 Å². The van der Waals surface area contributed by atoms with Crippen LogP contribution in [0.3, 0.4) is 0 Å². The molecule has 0 heterocycles. The molecular formula is C26H36N6. The van der Waals surface area contributed by atoms with Gasteiger partial charge < -0.3 is 22.1 Å². The normalized spacial score (nSPS) is 13.4. The van der Waals surface area contributed by atoms with Crippen molar-refractivity contribution in [2.24, 2.45) is 26.9 Å². The van der Waals surface area contributed by atoms with Crippen molar-refractivity contribution in [3.05, 3.63) is 72.1 Å². The Morgan fingerprint density at radius 3 is 1.69 bits per heavy atom. The minimum absolute atomic E-state index is 0.0401. The van der Waals surface area contributed by atoms with E-state index in [1.54, 1.807) is 0 Å². The van der Waals surface area contributed by atoms with Gasteiger partial charge >= 0.3 is 0 Å². The lowest BCUT2D eigenvalue weighted by Gasteiger charge is -2.26. The second-order valence-electron chi connectivity index (χ2n) is 8.65. The topological polar surface area (TPSA) is 101 Å². The molecule has 32 heavy (non-hydrogen) atoms. The molecule has 0 saturated heterocycles. The minimum Gasteiger partial charge on any atom is -0.388 e. The molecule has 0 bridgehead atoms. The average Bonchev–Trinajstić information content (AvgIpc) is 2.79. The highest BCUT2D eigenvalue weighted by Gasteiger charge is 2.19. The number of nitrogens with zero attached hydrogens (tertiary/aromatic N) is 2. The Labute approximate surface area is 192 Å². The van der Waals surface area contributed by atoms with Gasteiger partial charge in [0.2, 0.25) is 0 Å². The first-order valence-electron chi connectivity index (χ1n) is 10.8. The van der Waals surface area contributed by atoms with Crippen LogP contribution in [0.5, 0.6) is 0 Å². The molecule has 0 saturated carbocycles. The molecule has 0 radical (unpaired) electrons. The highest BCUT2D eigenvalue weighted by atomic mass is 14.9. The van der Waals surface area contributed by atoms with Crippen LogP contribution in [0.1, 0.15) is 31.9 Å². The number of aliphatic imine (C=N–C) groups is 2. The fourth-order valence-electron chi connectivity index (χ4n) is 2.95. The van der Waals surface area contributed by atoms with E-state index in [1.165, 1.54) is 0 Å². The van der Waals surface area contributed by atoms with Crippen LogP contribution < -0.4 is 22.1 Å². The van der Waals surface area contributed by atoms with E-state index in [0.29, 0.717) is 19.6 Å². The Bertz CT molecular complexity index is 934. The standard InChI is InChI=1S/C26H36N6/c1-26(2,3)25(28)18-32-17-24(30-5)22-12-8-20(9-13-22)19-6-10-21(11-7-19)23(29-4)16-31-15-14-27/h6-13,16-17,25,31-32H,4-5,14-15,18,27-28H2,1-3H3/b23-16-,24-17-. The molecule has 2 rings (SSSR count). The van der Waals surface area contributed by atoms with Crippen LogP contribution in [-0.2, 0) is 0 Å². The Kier molecular flexibility index (Phi) is 9.38. The maximum atomic E-state index is 6.21. The number of rotatable bonds is 11. The molecule has 1 atom stereocenters. The Balaban J connectivity index is 2.10.